The van der Waals surface area contributed by atoms with Crippen molar-refractivity contribution in [3.05, 3.63) is 245 Å². The van der Waals surface area contributed by atoms with Crippen molar-refractivity contribution < 1.29 is 20.1 Å². The van der Waals surface area contributed by atoms with Crippen LogP contribution in [0.3, 0.4) is 0 Å². The molecular formula is C61H47FN2O3. The monoisotopic (exact) mass is 875 g/mol. The molecular weight excluding hydrogens is 828 g/mol. The molecule has 6 aliphatic carbocycles. The SMILES string of the molecule is C.C.O=C1c2cc(F)ccc2-c2cc3cccccc-3c21.O=C1c2cc(N3c4ccccc4Cc4ccccc43)ccc2-c2cc3cccccc-3c21.[2HH].c1ccc2c(c1)Nc1ccccc1O2. The summed E-state index contributed by atoms with van der Waals surface area (Å²) >= 11 is 0. The minimum absolute atomic E-state index is 0. The molecule has 0 bridgehead atoms. The topological polar surface area (TPSA) is 58.6 Å². The number of ketones is 2. The molecule has 0 radical (unpaired) electrons. The smallest absolute Gasteiger partial charge is 0.195 e. The van der Waals surface area contributed by atoms with Crippen molar-refractivity contribution in [3.63, 3.8) is 0 Å². The van der Waals surface area contributed by atoms with Gasteiger partial charge in [-0.25, -0.2) is 4.39 Å². The Morgan fingerprint density at radius 1 is 0.433 bits per heavy atom. The van der Waals surface area contributed by atoms with Crippen LogP contribution in [0.25, 0.3) is 44.5 Å². The lowest BCUT2D eigenvalue weighted by atomic mass is 9.94. The Kier molecular flexibility index (Phi) is 10.8. The Morgan fingerprint density at radius 2 is 0.896 bits per heavy atom. The average Bonchev–Trinajstić information content (AvgIpc) is 3.91. The summed E-state index contributed by atoms with van der Waals surface area (Å²) in [5, 5.41) is 3.32. The van der Waals surface area contributed by atoms with Crippen molar-refractivity contribution in [2.24, 2.45) is 0 Å². The second-order valence-corrected chi connectivity index (χ2v) is 16.5. The second kappa shape index (κ2) is 17.1. The van der Waals surface area contributed by atoms with Gasteiger partial charge in [-0.15, -0.1) is 0 Å². The van der Waals surface area contributed by atoms with Crippen molar-refractivity contribution in [1.82, 2.24) is 0 Å². The molecule has 0 fully saturated rings. The molecule has 1 N–H and O–H groups in total. The van der Waals surface area contributed by atoms with Gasteiger partial charge in [0.05, 0.1) is 11.4 Å². The number of fused-ring (bicyclic) bond motifs is 14. The van der Waals surface area contributed by atoms with Gasteiger partial charge in [0.2, 0.25) is 0 Å². The summed E-state index contributed by atoms with van der Waals surface area (Å²) in [5.41, 5.74) is 18.8. The maximum Gasteiger partial charge on any atom is 0.195 e. The Labute approximate surface area is 391 Å². The van der Waals surface area contributed by atoms with Crippen LogP contribution in [0.1, 0.15) is 59.2 Å². The minimum Gasteiger partial charge on any atom is -0.453 e. The number of nitrogens with zero attached hydrogens (tertiary/aromatic N) is 1. The van der Waals surface area contributed by atoms with Gasteiger partial charge in [0.1, 0.15) is 5.82 Å². The summed E-state index contributed by atoms with van der Waals surface area (Å²) < 4.78 is 19.0. The first-order valence-corrected chi connectivity index (χ1v) is 21.6. The molecule has 326 valence electrons. The van der Waals surface area contributed by atoms with Crippen LogP contribution < -0.4 is 15.0 Å². The highest BCUT2D eigenvalue weighted by Gasteiger charge is 2.34. The van der Waals surface area contributed by atoms with E-state index in [0.29, 0.717) is 11.1 Å². The molecule has 2 aliphatic heterocycles. The van der Waals surface area contributed by atoms with E-state index in [0.717, 1.165) is 90.6 Å². The number of benzene rings is 6. The molecule has 0 amide bonds. The van der Waals surface area contributed by atoms with Crippen LogP contribution in [0.4, 0.5) is 32.8 Å². The first kappa shape index (κ1) is 42.3. The van der Waals surface area contributed by atoms with E-state index in [-0.39, 0.29) is 33.7 Å². The van der Waals surface area contributed by atoms with Crippen LogP contribution >= 0.6 is 0 Å². The number of ether oxygens (including phenoxy) is 1. The Morgan fingerprint density at radius 3 is 1.46 bits per heavy atom. The van der Waals surface area contributed by atoms with E-state index in [4.69, 9.17) is 4.74 Å². The van der Waals surface area contributed by atoms with Gasteiger partial charge < -0.3 is 15.0 Å². The van der Waals surface area contributed by atoms with E-state index in [1.165, 1.54) is 34.6 Å². The van der Waals surface area contributed by atoms with E-state index in [2.05, 4.69) is 95.1 Å². The highest BCUT2D eigenvalue weighted by molar-refractivity contribution is 6.27. The number of nitrogens with one attached hydrogen (secondary N) is 1. The lowest BCUT2D eigenvalue weighted by Gasteiger charge is -2.33. The summed E-state index contributed by atoms with van der Waals surface area (Å²) in [5.74, 6) is 1.44. The molecule has 0 unspecified atom stereocenters. The fourth-order valence-corrected chi connectivity index (χ4v) is 9.74. The molecule has 6 heteroatoms. The molecule has 6 aromatic carbocycles. The van der Waals surface area contributed by atoms with E-state index < -0.39 is 0 Å². The van der Waals surface area contributed by atoms with Crippen LogP contribution in [0.5, 0.6) is 11.5 Å². The van der Waals surface area contributed by atoms with E-state index in [1.54, 1.807) is 6.07 Å². The molecule has 2 heterocycles. The van der Waals surface area contributed by atoms with Gasteiger partial charge in [-0.3, -0.25) is 9.59 Å². The number of carbonyl (C=O) groups excluding carboxylic acids is 2. The molecule has 14 rings (SSSR count). The minimum atomic E-state index is -0.368. The summed E-state index contributed by atoms with van der Waals surface area (Å²) in [6, 6.07) is 67.7. The number of anilines is 5. The van der Waals surface area contributed by atoms with Crippen LogP contribution in [0.15, 0.2) is 206 Å². The van der Waals surface area contributed by atoms with Crippen molar-refractivity contribution in [1.29, 1.82) is 0 Å². The van der Waals surface area contributed by atoms with Crippen molar-refractivity contribution in [2.45, 2.75) is 21.3 Å². The third-order valence-corrected chi connectivity index (χ3v) is 12.7. The lowest BCUT2D eigenvalue weighted by Crippen LogP contribution is -2.18. The Bertz CT molecular complexity index is 3380. The molecule has 67 heavy (non-hydrogen) atoms. The van der Waals surface area contributed by atoms with Crippen LogP contribution in [-0.4, -0.2) is 11.6 Å². The van der Waals surface area contributed by atoms with Gasteiger partial charge >= 0.3 is 0 Å². The average molecular weight is 876 g/mol. The molecule has 6 aromatic rings. The van der Waals surface area contributed by atoms with Crippen molar-refractivity contribution in [3.8, 4) is 56.0 Å². The zero-order valence-electron chi connectivity index (χ0n) is 34.9. The summed E-state index contributed by atoms with van der Waals surface area (Å²) in [4.78, 5) is 28.3. The number of hydrogen-bond acceptors (Lipinski definition) is 5. The standard InChI is InChI=1S/C30H19NO.C17H9FO.C12H9NO.2CH4.H2/c32-30-26-18-22(14-15-24(26)25-17-19-8-2-1-3-11-23(19)29(25)30)31-27-12-6-4-9-20(27)16-21-10-5-7-13-28(21)31;18-11-6-7-13-14-8-10-4-2-1-3-5-12(10)16(14)17(19)15(13)9-11;1-3-7-11-9(5-1)13-10-6-2-4-8-12(10)14-11;;;/h1-15,17-18H,16H2;1-9H;1-8,13H;2*1H4;1H/i;;;;;1+1. The molecule has 0 saturated heterocycles. The summed E-state index contributed by atoms with van der Waals surface area (Å²) in [6.07, 6.45) is 0.922. The van der Waals surface area contributed by atoms with Gasteiger partial charge in [-0.1, -0.05) is 148 Å². The Balaban J connectivity index is 0.000000137. The fraction of sp³-hybridized carbons (Fsp3) is 0.0492. The predicted octanol–water partition coefficient (Wildman–Crippen LogP) is 16.6. The maximum absolute atomic E-state index is 13.6. The van der Waals surface area contributed by atoms with Crippen LogP contribution in [-0.2, 0) is 6.42 Å². The highest BCUT2D eigenvalue weighted by atomic mass is 19.1. The normalized spacial score (nSPS) is 12.5. The molecule has 0 aromatic heterocycles. The number of para-hydroxylation sites is 6. The third-order valence-electron chi connectivity index (χ3n) is 12.7. The zero-order chi connectivity index (χ0) is 43.6. The molecule has 5 nitrogen and oxygen atoms in total. The van der Waals surface area contributed by atoms with Gasteiger partial charge in [0.25, 0.3) is 0 Å². The van der Waals surface area contributed by atoms with Gasteiger partial charge in [-0.2, -0.15) is 0 Å². The van der Waals surface area contributed by atoms with Crippen LogP contribution in [0.2, 0.25) is 0 Å². The number of carbonyl (C=O) groups is 2. The molecule has 0 saturated carbocycles. The first-order valence-electron chi connectivity index (χ1n) is 21.6. The predicted molar refractivity (Wildman–Crippen MR) is 273 cm³/mol. The molecule has 0 spiro atoms. The van der Waals surface area contributed by atoms with E-state index >= 15 is 0 Å². The maximum atomic E-state index is 13.6. The third kappa shape index (κ3) is 7.11. The van der Waals surface area contributed by atoms with Gasteiger partial charge in [-0.05, 0) is 128 Å². The number of hydrogen-bond donors (Lipinski definition) is 1. The summed E-state index contributed by atoms with van der Waals surface area (Å²) in [6.45, 7) is 0. The van der Waals surface area contributed by atoms with Crippen molar-refractivity contribution >= 4 is 40.0 Å². The van der Waals surface area contributed by atoms with Crippen LogP contribution in [0, 0.1) is 5.82 Å². The second-order valence-electron chi connectivity index (χ2n) is 16.5. The van der Waals surface area contributed by atoms with E-state index in [1.807, 2.05) is 103 Å². The van der Waals surface area contributed by atoms with Gasteiger partial charge in [0, 0.05) is 47.2 Å². The first-order chi connectivity index (χ1) is 32.0. The van der Waals surface area contributed by atoms with Gasteiger partial charge in [0.15, 0.2) is 23.1 Å². The largest absolute Gasteiger partial charge is 0.453 e. The molecule has 8 aliphatic rings. The quantitative estimate of drug-likeness (QED) is 0.178. The van der Waals surface area contributed by atoms with E-state index in [9.17, 15) is 14.0 Å². The fourth-order valence-electron chi connectivity index (χ4n) is 9.74. The highest BCUT2D eigenvalue weighted by Crippen LogP contribution is 2.50. The number of halogens is 1. The zero-order valence-corrected chi connectivity index (χ0v) is 34.9. The summed E-state index contributed by atoms with van der Waals surface area (Å²) in [7, 11) is 0. The lowest BCUT2D eigenvalue weighted by molar-refractivity contribution is 0.103. The molecule has 0 atom stereocenters. The Hall–Kier alpha value is -8.61. The number of rotatable bonds is 1. The van der Waals surface area contributed by atoms with Crippen molar-refractivity contribution in [2.75, 3.05) is 10.2 Å².